The van der Waals surface area contributed by atoms with Crippen molar-refractivity contribution in [3.05, 3.63) is 17.5 Å². The Bertz CT molecular complexity index is 424. The van der Waals surface area contributed by atoms with E-state index in [0.717, 1.165) is 31.0 Å². The molecular formula is C13H22N4O2. The van der Waals surface area contributed by atoms with Crippen molar-refractivity contribution < 1.29 is 9.53 Å². The van der Waals surface area contributed by atoms with E-state index >= 15 is 0 Å². The maximum atomic E-state index is 11.9. The van der Waals surface area contributed by atoms with Gasteiger partial charge in [0.25, 0.3) is 0 Å². The van der Waals surface area contributed by atoms with Crippen molar-refractivity contribution in [2.75, 3.05) is 32.8 Å². The van der Waals surface area contributed by atoms with Gasteiger partial charge in [-0.1, -0.05) is 0 Å². The average molecular weight is 266 g/mol. The number of ether oxygens (including phenoxy) is 1. The number of carbonyl (C=O) groups is 1. The molecule has 2 rings (SSSR count). The predicted octanol–water partition coefficient (Wildman–Crippen LogP) is 0.0670. The van der Waals surface area contributed by atoms with Crippen LogP contribution in [0.4, 0.5) is 0 Å². The SMILES string of the molecule is Cc1cc(CNCCC(=O)N2CCOCC2)n(C)n1. The second-order valence-electron chi connectivity index (χ2n) is 4.82. The quantitative estimate of drug-likeness (QED) is 0.766. The van der Waals surface area contributed by atoms with Crippen LogP contribution in [-0.2, 0) is 23.1 Å². The molecule has 0 atom stereocenters. The number of amides is 1. The molecule has 0 unspecified atom stereocenters. The van der Waals surface area contributed by atoms with E-state index in [9.17, 15) is 4.79 Å². The van der Waals surface area contributed by atoms with E-state index < -0.39 is 0 Å². The summed E-state index contributed by atoms with van der Waals surface area (Å²) < 4.78 is 7.10. The number of hydrogen-bond donors (Lipinski definition) is 1. The molecule has 19 heavy (non-hydrogen) atoms. The molecule has 2 heterocycles. The molecule has 0 spiro atoms. The summed E-state index contributed by atoms with van der Waals surface area (Å²) in [5.41, 5.74) is 2.15. The molecule has 1 N–H and O–H groups in total. The lowest BCUT2D eigenvalue weighted by molar-refractivity contribution is -0.135. The molecule has 1 amide bonds. The van der Waals surface area contributed by atoms with E-state index in [0.29, 0.717) is 26.2 Å². The van der Waals surface area contributed by atoms with Crippen LogP contribution >= 0.6 is 0 Å². The van der Waals surface area contributed by atoms with Crippen LogP contribution in [0, 0.1) is 6.92 Å². The molecule has 0 radical (unpaired) electrons. The highest BCUT2D eigenvalue weighted by Gasteiger charge is 2.15. The summed E-state index contributed by atoms with van der Waals surface area (Å²) in [5, 5.41) is 7.57. The molecule has 1 aromatic heterocycles. The van der Waals surface area contributed by atoms with Gasteiger partial charge in [0, 0.05) is 39.6 Å². The molecule has 1 aromatic rings. The maximum absolute atomic E-state index is 11.9. The number of nitrogens with one attached hydrogen (secondary N) is 1. The molecule has 0 aliphatic carbocycles. The third-order valence-electron chi connectivity index (χ3n) is 3.28. The Balaban J connectivity index is 1.66. The molecule has 6 nitrogen and oxygen atoms in total. The van der Waals surface area contributed by atoms with Crippen molar-refractivity contribution in [2.24, 2.45) is 7.05 Å². The fourth-order valence-electron chi connectivity index (χ4n) is 2.21. The minimum absolute atomic E-state index is 0.206. The normalized spacial score (nSPS) is 15.8. The average Bonchev–Trinajstić information content (AvgIpc) is 2.74. The van der Waals surface area contributed by atoms with Crippen LogP contribution < -0.4 is 5.32 Å². The number of rotatable bonds is 5. The largest absolute Gasteiger partial charge is 0.378 e. The number of aryl methyl sites for hydroxylation is 2. The Kier molecular flexibility index (Phi) is 4.93. The first kappa shape index (κ1) is 14.0. The molecule has 1 aliphatic rings. The third-order valence-corrected chi connectivity index (χ3v) is 3.28. The van der Waals surface area contributed by atoms with Crippen molar-refractivity contribution in [2.45, 2.75) is 19.9 Å². The van der Waals surface area contributed by atoms with Crippen LogP contribution in [-0.4, -0.2) is 53.4 Å². The Morgan fingerprint density at radius 2 is 2.21 bits per heavy atom. The van der Waals surface area contributed by atoms with Crippen LogP contribution in [0.25, 0.3) is 0 Å². The lowest BCUT2D eigenvalue weighted by atomic mass is 10.3. The Hall–Kier alpha value is -1.40. The number of aromatic nitrogens is 2. The van der Waals surface area contributed by atoms with Crippen LogP contribution in [0.15, 0.2) is 6.07 Å². The number of carbonyl (C=O) groups excluding carboxylic acids is 1. The molecule has 0 saturated carbocycles. The van der Waals surface area contributed by atoms with Crippen molar-refractivity contribution in [1.29, 1.82) is 0 Å². The Morgan fingerprint density at radius 3 is 2.84 bits per heavy atom. The van der Waals surface area contributed by atoms with Crippen molar-refractivity contribution in [3.63, 3.8) is 0 Å². The van der Waals surface area contributed by atoms with E-state index in [1.165, 1.54) is 0 Å². The van der Waals surface area contributed by atoms with E-state index in [1.54, 1.807) is 0 Å². The lowest BCUT2D eigenvalue weighted by Crippen LogP contribution is -2.41. The van der Waals surface area contributed by atoms with Gasteiger partial charge < -0.3 is 15.0 Å². The predicted molar refractivity (Wildman–Crippen MR) is 71.7 cm³/mol. The molecular weight excluding hydrogens is 244 g/mol. The number of nitrogens with zero attached hydrogens (tertiary/aromatic N) is 3. The smallest absolute Gasteiger partial charge is 0.224 e. The summed E-state index contributed by atoms with van der Waals surface area (Å²) in [6.45, 7) is 6.18. The Labute approximate surface area is 113 Å². The van der Waals surface area contributed by atoms with E-state index in [1.807, 2.05) is 23.6 Å². The van der Waals surface area contributed by atoms with Gasteiger partial charge in [-0.3, -0.25) is 9.48 Å². The highest BCUT2D eigenvalue weighted by atomic mass is 16.5. The van der Waals surface area contributed by atoms with Crippen LogP contribution in [0.1, 0.15) is 17.8 Å². The highest BCUT2D eigenvalue weighted by molar-refractivity contribution is 5.76. The van der Waals surface area contributed by atoms with E-state index in [4.69, 9.17) is 4.74 Å². The van der Waals surface area contributed by atoms with Crippen LogP contribution in [0.5, 0.6) is 0 Å². The summed E-state index contributed by atoms with van der Waals surface area (Å²) >= 11 is 0. The zero-order valence-electron chi connectivity index (χ0n) is 11.7. The van der Waals surface area contributed by atoms with Gasteiger partial charge in [-0.05, 0) is 13.0 Å². The zero-order chi connectivity index (χ0) is 13.7. The minimum atomic E-state index is 0.206. The maximum Gasteiger partial charge on any atom is 0.224 e. The first-order valence-electron chi connectivity index (χ1n) is 6.72. The first-order chi connectivity index (χ1) is 9.16. The topological polar surface area (TPSA) is 59.4 Å². The van der Waals surface area contributed by atoms with Gasteiger partial charge in [0.2, 0.25) is 5.91 Å². The van der Waals surface area contributed by atoms with Gasteiger partial charge in [0.1, 0.15) is 0 Å². The molecule has 0 aromatic carbocycles. The summed E-state index contributed by atoms with van der Waals surface area (Å²) in [4.78, 5) is 13.8. The van der Waals surface area contributed by atoms with Gasteiger partial charge in [-0.25, -0.2) is 0 Å². The standard InChI is InChI=1S/C13H22N4O2/c1-11-9-12(16(2)15-11)10-14-4-3-13(18)17-5-7-19-8-6-17/h9,14H,3-8,10H2,1-2H3. The molecule has 1 aliphatic heterocycles. The number of hydrogen-bond acceptors (Lipinski definition) is 4. The molecule has 0 bridgehead atoms. The van der Waals surface area contributed by atoms with Crippen LogP contribution in [0.2, 0.25) is 0 Å². The molecule has 6 heteroatoms. The first-order valence-corrected chi connectivity index (χ1v) is 6.72. The van der Waals surface area contributed by atoms with E-state index in [-0.39, 0.29) is 5.91 Å². The van der Waals surface area contributed by atoms with Gasteiger partial charge in [0.15, 0.2) is 0 Å². The van der Waals surface area contributed by atoms with Gasteiger partial charge in [-0.15, -0.1) is 0 Å². The van der Waals surface area contributed by atoms with Crippen molar-refractivity contribution in [1.82, 2.24) is 20.0 Å². The second-order valence-corrected chi connectivity index (χ2v) is 4.82. The monoisotopic (exact) mass is 266 g/mol. The molecule has 106 valence electrons. The third kappa shape index (κ3) is 4.04. The summed E-state index contributed by atoms with van der Waals surface area (Å²) in [7, 11) is 1.93. The Morgan fingerprint density at radius 1 is 1.47 bits per heavy atom. The van der Waals surface area contributed by atoms with Gasteiger partial charge in [-0.2, -0.15) is 5.10 Å². The van der Waals surface area contributed by atoms with Crippen molar-refractivity contribution in [3.8, 4) is 0 Å². The molecule has 1 fully saturated rings. The second kappa shape index (κ2) is 6.68. The zero-order valence-corrected chi connectivity index (χ0v) is 11.7. The summed E-state index contributed by atoms with van der Waals surface area (Å²) in [6, 6.07) is 2.05. The number of morpholine rings is 1. The van der Waals surface area contributed by atoms with Gasteiger partial charge in [0.05, 0.1) is 24.6 Å². The molecule has 1 saturated heterocycles. The summed E-state index contributed by atoms with van der Waals surface area (Å²) in [6.07, 6.45) is 0.539. The lowest BCUT2D eigenvalue weighted by Gasteiger charge is -2.26. The fourth-order valence-corrected chi connectivity index (χ4v) is 2.21. The highest BCUT2D eigenvalue weighted by Crippen LogP contribution is 2.02. The summed E-state index contributed by atoms with van der Waals surface area (Å²) in [5.74, 6) is 0.206. The van der Waals surface area contributed by atoms with Gasteiger partial charge >= 0.3 is 0 Å². The van der Waals surface area contributed by atoms with Crippen molar-refractivity contribution >= 4 is 5.91 Å². The minimum Gasteiger partial charge on any atom is -0.378 e. The fraction of sp³-hybridized carbons (Fsp3) is 0.692. The van der Waals surface area contributed by atoms with Crippen LogP contribution in [0.3, 0.4) is 0 Å². The van der Waals surface area contributed by atoms with E-state index in [2.05, 4.69) is 16.5 Å².